The third-order valence-electron chi connectivity index (χ3n) is 2.48. The van der Waals surface area contributed by atoms with Crippen molar-refractivity contribution >= 4 is 18.1 Å². The van der Waals surface area contributed by atoms with Crippen LogP contribution in [0.1, 0.15) is 6.42 Å². The molecule has 0 spiro atoms. The lowest BCUT2D eigenvalue weighted by Crippen LogP contribution is -2.47. The first kappa shape index (κ1) is 9.33. The predicted octanol–water partition coefficient (Wildman–Crippen LogP) is -0.409. The molecule has 5 nitrogen and oxygen atoms in total. The van der Waals surface area contributed by atoms with Crippen molar-refractivity contribution in [2.24, 2.45) is 9.98 Å². The molecule has 0 aliphatic carbocycles. The third-order valence-corrected chi connectivity index (χ3v) is 2.48. The van der Waals surface area contributed by atoms with Crippen molar-refractivity contribution in [3.63, 3.8) is 0 Å². The summed E-state index contributed by atoms with van der Waals surface area (Å²) in [6, 6.07) is 0. The second kappa shape index (κ2) is 3.88. The Morgan fingerprint density at radius 1 is 1.29 bits per heavy atom. The van der Waals surface area contributed by atoms with E-state index >= 15 is 0 Å². The number of amides is 1. The molecule has 0 N–H and O–H groups in total. The number of nitrogens with zero attached hydrogens (tertiary/aromatic N) is 4. The summed E-state index contributed by atoms with van der Waals surface area (Å²) in [6.07, 6.45) is 1.99. The second-order valence-electron chi connectivity index (χ2n) is 3.61. The van der Waals surface area contributed by atoms with Crippen LogP contribution in [0.2, 0.25) is 0 Å². The highest BCUT2D eigenvalue weighted by Crippen LogP contribution is 2.04. The number of hydrogen-bond acceptors (Lipinski definition) is 4. The van der Waals surface area contributed by atoms with Crippen LogP contribution >= 0.6 is 0 Å². The average molecular weight is 194 g/mol. The topological polar surface area (TPSA) is 48.3 Å². The number of guanidine groups is 1. The predicted molar refractivity (Wildman–Crippen MR) is 54.6 cm³/mol. The van der Waals surface area contributed by atoms with Crippen LogP contribution in [-0.2, 0) is 4.79 Å². The highest BCUT2D eigenvalue weighted by atomic mass is 16.1. The smallest absolute Gasteiger partial charge is 0.254 e. The van der Waals surface area contributed by atoms with Gasteiger partial charge in [0.2, 0.25) is 5.96 Å². The maximum atomic E-state index is 11.1. The van der Waals surface area contributed by atoms with Gasteiger partial charge in [-0.05, 0) is 7.05 Å². The fourth-order valence-electron chi connectivity index (χ4n) is 1.55. The van der Waals surface area contributed by atoms with E-state index in [0.29, 0.717) is 12.4 Å². The molecule has 0 unspecified atom stereocenters. The summed E-state index contributed by atoms with van der Waals surface area (Å²) < 4.78 is 0. The molecule has 2 heterocycles. The van der Waals surface area contributed by atoms with Gasteiger partial charge in [-0.25, -0.2) is 4.99 Å². The summed E-state index contributed by atoms with van der Waals surface area (Å²) in [5, 5.41) is 0. The number of aliphatic imine (C=N–C) groups is 2. The fourth-order valence-corrected chi connectivity index (χ4v) is 1.55. The molecular formula is C9H14N4O. The Bertz CT molecular complexity index is 289. The first-order chi connectivity index (χ1) is 6.75. The molecule has 0 atom stereocenters. The summed E-state index contributed by atoms with van der Waals surface area (Å²) in [6.45, 7) is 3.81. The molecule has 0 bridgehead atoms. The minimum Gasteiger partial charge on any atom is -0.338 e. The minimum atomic E-state index is -0.0890. The van der Waals surface area contributed by atoms with Gasteiger partial charge in [0.05, 0.1) is 6.42 Å². The van der Waals surface area contributed by atoms with Gasteiger partial charge in [0.1, 0.15) is 0 Å². The van der Waals surface area contributed by atoms with Crippen molar-refractivity contribution in [1.29, 1.82) is 0 Å². The monoisotopic (exact) mass is 194 g/mol. The average Bonchev–Trinajstić information content (AvgIpc) is 2.19. The quantitative estimate of drug-likeness (QED) is 0.527. The van der Waals surface area contributed by atoms with Crippen LogP contribution in [0.15, 0.2) is 9.98 Å². The largest absolute Gasteiger partial charge is 0.338 e. The van der Waals surface area contributed by atoms with E-state index in [0.717, 1.165) is 26.2 Å². The summed E-state index contributed by atoms with van der Waals surface area (Å²) in [7, 11) is 2.09. The van der Waals surface area contributed by atoms with E-state index in [4.69, 9.17) is 0 Å². The summed E-state index contributed by atoms with van der Waals surface area (Å²) in [5.74, 6) is 0.503. The standard InChI is InChI=1S/C9H14N4O/c1-12-4-6-13(7-5-12)9-10-3-2-8(14)11-9/h3H,2,4-7H2,1H3. The van der Waals surface area contributed by atoms with Crippen LogP contribution in [0.4, 0.5) is 0 Å². The number of rotatable bonds is 0. The maximum Gasteiger partial charge on any atom is 0.254 e. The first-order valence-electron chi connectivity index (χ1n) is 4.83. The third kappa shape index (κ3) is 1.98. The van der Waals surface area contributed by atoms with Crippen LogP contribution in [0, 0.1) is 0 Å². The number of carbonyl (C=O) groups excluding carboxylic acids is 1. The highest BCUT2D eigenvalue weighted by molar-refractivity contribution is 6.06. The Hall–Kier alpha value is -1.23. The van der Waals surface area contributed by atoms with E-state index in [9.17, 15) is 4.79 Å². The van der Waals surface area contributed by atoms with Crippen LogP contribution in [0.5, 0.6) is 0 Å². The van der Waals surface area contributed by atoms with Crippen LogP contribution in [0.3, 0.4) is 0 Å². The van der Waals surface area contributed by atoms with Gasteiger partial charge >= 0.3 is 0 Å². The molecule has 0 aromatic carbocycles. The Kier molecular flexibility index (Phi) is 2.58. The van der Waals surface area contributed by atoms with Crippen molar-refractivity contribution in [2.75, 3.05) is 33.2 Å². The highest BCUT2D eigenvalue weighted by Gasteiger charge is 2.19. The molecule has 0 saturated carbocycles. The van der Waals surface area contributed by atoms with Crippen LogP contribution in [0.25, 0.3) is 0 Å². The lowest BCUT2D eigenvalue weighted by Gasteiger charge is -2.33. The molecule has 2 aliphatic heterocycles. The van der Waals surface area contributed by atoms with Gasteiger partial charge in [0, 0.05) is 32.4 Å². The fraction of sp³-hybridized carbons (Fsp3) is 0.667. The van der Waals surface area contributed by atoms with E-state index in [-0.39, 0.29) is 5.91 Å². The maximum absolute atomic E-state index is 11.1. The van der Waals surface area contributed by atoms with Gasteiger partial charge in [-0.15, -0.1) is 0 Å². The van der Waals surface area contributed by atoms with Crippen molar-refractivity contribution in [3.05, 3.63) is 0 Å². The lowest BCUT2D eigenvalue weighted by molar-refractivity contribution is -0.116. The molecule has 0 aromatic rings. The molecule has 1 saturated heterocycles. The van der Waals surface area contributed by atoms with Crippen molar-refractivity contribution < 1.29 is 4.79 Å². The molecule has 5 heteroatoms. The Morgan fingerprint density at radius 3 is 2.64 bits per heavy atom. The molecule has 14 heavy (non-hydrogen) atoms. The first-order valence-corrected chi connectivity index (χ1v) is 4.83. The Labute approximate surface area is 83.1 Å². The minimum absolute atomic E-state index is 0.0890. The van der Waals surface area contributed by atoms with E-state index in [1.165, 1.54) is 0 Å². The molecule has 0 radical (unpaired) electrons. The van der Waals surface area contributed by atoms with Crippen LogP contribution in [-0.4, -0.2) is 61.1 Å². The van der Waals surface area contributed by atoms with Gasteiger partial charge in [-0.3, -0.25) is 4.79 Å². The normalized spacial score (nSPS) is 23.9. The zero-order valence-electron chi connectivity index (χ0n) is 8.31. The Balaban J connectivity index is 2.01. The van der Waals surface area contributed by atoms with E-state index in [1.807, 2.05) is 0 Å². The lowest BCUT2D eigenvalue weighted by atomic mass is 10.3. The van der Waals surface area contributed by atoms with Crippen molar-refractivity contribution in [3.8, 4) is 0 Å². The molecule has 1 fully saturated rings. The van der Waals surface area contributed by atoms with E-state index < -0.39 is 0 Å². The van der Waals surface area contributed by atoms with Crippen molar-refractivity contribution in [1.82, 2.24) is 9.80 Å². The van der Waals surface area contributed by atoms with Gasteiger partial charge in [0.25, 0.3) is 5.91 Å². The van der Waals surface area contributed by atoms with E-state index in [1.54, 1.807) is 6.21 Å². The zero-order chi connectivity index (χ0) is 9.97. The van der Waals surface area contributed by atoms with Gasteiger partial charge in [0.15, 0.2) is 0 Å². The van der Waals surface area contributed by atoms with Crippen LogP contribution < -0.4 is 0 Å². The SMILES string of the molecule is CN1CCN(C2=NC(=O)CC=N2)CC1. The number of carbonyl (C=O) groups is 1. The summed E-state index contributed by atoms with van der Waals surface area (Å²) in [5.41, 5.74) is 0. The zero-order valence-corrected chi connectivity index (χ0v) is 8.31. The van der Waals surface area contributed by atoms with Gasteiger partial charge in [-0.2, -0.15) is 4.99 Å². The number of likely N-dealkylation sites (N-methyl/N-ethyl adjacent to an activating group) is 1. The van der Waals surface area contributed by atoms with E-state index in [2.05, 4.69) is 26.8 Å². The number of hydrogen-bond donors (Lipinski definition) is 0. The molecule has 2 rings (SSSR count). The Morgan fingerprint density at radius 2 is 2.00 bits per heavy atom. The second-order valence-corrected chi connectivity index (χ2v) is 3.61. The summed E-state index contributed by atoms with van der Waals surface area (Å²) >= 11 is 0. The molecule has 1 amide bonds. The summed E-state index contributed by atoms with van der Waals surface area (Å²) in [4.78, 5) is 23.4. The van der Waals surface area contributed by atoms with Crippen molar-refractivity contribution in [2.45, 2.75) is 6.42 Å². The molecule has 2 aliphatic rings. The van der Waals surface area contributed by atoms with Gasteiger partial charge < -0.3 is 9.80 Å². The molecular weight excluding hydrogens is 180 g/mol. The molecule has 0 aromatic heterocycles. The number of piperazine rings is 1. The van der Waals surface area contributed by atoms with Gasteiger partial charge in [-0.1, -0.05) is 0 Å². The molecule has 76 valence electrons.